The van der Waals surface area contributed by atoms with Crippen LogP contribution in [0.15, 0.2) is 30.5 Å². The number of methoxy groups -OCH3 is 1. The fourth-order valence-electron chi connectivity index (χ4n) is 1.76. The quantitative estimate of drug-likeness (QED) is 0.794. The van der Waals surface area contributed by atoms with Crippen LogP contribution in [0.1, 0.15) is 23.0 Å². The molecular weight excluding hydrogens is 258 g/mol. The summed E-state index contributed by atoms with van der Waals surface area (Å²) >= 11 is 0. The van der Waals surface area contributed by atoms with Crippen molar-refractivity contribution in [2.45, 2.75) is 6.92 Å². The lowest BCUT2D eigenvalue weighted by Crippen LogP contribution is -2.05. The number of benzene rings is 1. The highest BCUT2D eigenvalue weighted by Gasteiger charge is 2.18. The van der Waals surface area contributed by atoms with E-state index >= 15 is 0 Å². The zero-order valence-corrected chi connectivity index (χ0v) is 11.2. The summed E-state index contributed by atoms with van der Waals surface area (Å²) in [5.74, 6) is 0.147. The number of rotatable bonds is 4. The van der Waals surface area contributed by atoms with Crippen LogP contribution in [0.2, 0.25) is 0 Å². The summed E-state index contributed by atoms with van der Waals surface area (Å²) in [7, 11) is 1.26. The van der Waals surface area contributed by atoms with Crippen molar-refractivity contribution in [1.82, 2.24) is 9.78 Å². The summed E-state index contributed by atoms with van der Waals surface area (Å²) in [6, 6.07) is 9.05. The number of esters is 1. The van der Waals surface area contributed by atoms with Gasteiger partial charge in [-0.3, -0.25) is 0 Å². The molecule has 0 amide bonds. The van der Waals surface area contributed by atoms with Gasteiger partial charge >= 0.3 is 5.97 Å². The first-order chi connectivity index (χ1) is 9.71. The zero-order valence-electron chi connectivity index (χ0n) is 11.2. The molecule has 0 N–H and O–H groups in total. The van der Waals surface area contributed by atoms with E-state index in [2.05, 4.69) is 9.84 Å². The van der Waals surface area contributed by atoms with Gasteiger partial charge in [0.1, 0.15) is 17.4 Å². The van der Waals surface area contributed by atoms with Crippen molar-refractivity contribution in [2.24, 2.45) is 0 Å². The van der Waals surface area contributed by atoms with Gasteiger partial charge in [-0.1, -0.05) is 0 Å². The number of hydrogen-bond donors (Lipinski definition) is 0. The number of nitrogens with zero attached hydrogens (tertiary/aromatic N) is 3. The van der Waals surface area contributed by atoms with Gasteiger partial charge in [0, 0.05) is 0 Å². The lowest BCUT2D eigenvalue weighted by Gasteiger charge is -2.06. The van der Waals surface area contributed by atoms with Crippen LogP contribution in [0, 0.1) is 11.3 Å². The predicted molar refractivity (Wildman–Crippen MR) is 70.8 cm³/mol. The minimum Gasteiger partial charge on any atom is -0.494 e. The molecule has 1 heterocycles. The van der Waals surface area contributed by atoms with Crippen LogP contribution in [0.4, 0.5) is 0 Å². The van der Waals surface area contributed by atoms with E-state index in [4.69, 9.17) is 4.74 Å². The fourth-order valence-corrected chi connectivity index (χ4v) is 1.76. The number of hydrogen-bond acceptors (Lipinski definition) is 5. The molecule has 0 atom stereocenters. The third-order valence-corrected chi connectivity index (χ3v) is 2.67. The summed E-state index contributed by atoms with van der Waals surface area (Å²) in [5, 5.41) is 13.2. The van der Waals surface area contributed by atoms with Crippen LogP contribution in [0.5, 0.6) is 5.75 Å². The van der Waals surface area contributed by atoms with Crippen LogP contribution in [0.25, 0.3) is 5.69 Å². The Balaban J connectivity index is 2.40. The Morgan fingerprint density at radius 1 is 1.40 bits per heavy atom. The average Bonchev–Trinajstić information content (AvgIpc) is 2.91. The van der Waals surface area contributed by atoms with E-state index in [1.54, 1.807) is 24.3 Å². The Morgan fingerprint density at radius 3 is 2.65 bits per heavy atom. The van der Waals surface area contributed by atoms with Crippen molar-refractivity contribution in [3.8, 4) is 17.5 Å². The molecule has 0 aliphatic heterocycles. The number of carbonyl (C=O) groups is 1. The molecule has 6 heteroatoms. The van der Waals surface area contributed by atoms with E-state index in [9.17, 15) is 10.1 Å². The van der Waals surface area contributed by atoms with Crippen molar-refractivity contribution in [2.75, 3.05) is 13.7 Å². The molecule has 0 unspecified atom stereocenters. The van der Waals surface area contributed by atoms with E-state index in [0.29, 0.717) is 12.3 Å². The number of ether oxygens (including phenoxy) is 2. The molecular formula is C14H13N3O3. The molecule has 1 aromatic carbocycles. The largest absolute Gasteiger partial charge is 0.494 e. The van der Waals surface area contributed by atoms with Crippen LogP contribution in [-0.2, 0) is 4.74 Å². The zero-order chi connectivity index (χ0) is 14.5. The second-order valence-corrected chi connectivity index (χ2v) is 3.85. The van der Waals surface area contributed by atoms with Gasteiger partial charge < -0.3 is 9.47 Å². The molecule has 0 fully saturated rings. The molecule has 0 bridgehead atoms. The predicted octanol–water partition coefficient (Wildman–Crippen LogP) is 1.93. The van der Waals surface area contributed by atoms with Gasteiger partial charge in [-0.2, -0.15) is 10.4 Å². The molecule has 102 valence electrons. The van der Waals surface area contributed by atoms with Crippen molar-refractivity contribution < 1.29 is 14.3 Å². The molecule has 0 radical (unpaired) electrons. The number of carbonyl (C=O) groups excluding carboxylic acids is 1. The second kappa shape index (κ2) is 5.89. The Kier molecular flexibility index (Phi) is 4.01. The van der Waals surface area contributed by atoms with Gasteiger partial charge in [0.05, 0.1) is 25.6 Å². The molecule has 0 aliphatic rings. The molecule has 0 aliphatic carbocycles. The maximum absolute atomic E-state index is 11.5. The monoisotopic (exact) mass is 271 g/mol. The SMILES string of the molecule is CCOc1ccc(-n2ncc(C(=O)OC)c2C#N)cc1. The smallest absolute Gasteiger partial charge is 0.342 e. The van der Waals surface area contributed by atoms with Crippen molar-refractivity contribution in [1.29, 1.82) is 5.26 Å². The van der Waals surface area contributed by atoms with Crippen molar-refractivity contribution in [3.05, 3.63) is 41.7 Å². The van der Waals surface area contributed by atoms with Gasteiger partial charge in [-0.25, -0.2) is 9.48 Å². The molecule has 2 rings (SSSR count). The first-order valence-electron chi connectivity index (χ1n) is 6.01. The third kappa shape index (κ3) is 2.47. The highest BCUT2D eigenvalue weighted by molar-refractivity contribution is 5.91. The van der Waals surface area contributed by atoms with E-state index < -0.39 is 5.97 Å². The average molecular weight is 271 g/mol. The second-order valence-electron chi connectivity index (χ2n) is 3.85. The van der Waals surface area contributed by atoms with Crippen LogP contribution in [-0.4, -0.2) is 29.5 Å². The standard InChI is InChI=1S/C14H13N3O3/c1-3-20-11-6-4-10(5-7-11)17-13(8-15)12(9-16-17)14(18)19-2/h4-7,9H,3H2,1-2H3. The van der Waals surface area contributed by atoms with E-state index in [1.165, 1.54) is 18.0 Å². The molecule has 20 heavy (non-hydrogen) atoms. The van der Waals surface area contributed by atoms with Gasteiger partial charge in [0.25, 0.3) is 0 Å². The normalized spacial score (nSPS) is 9.85. The Bertz CT molecular complexity index is 653. The minimum absolute atomic E-state index is 0.140. The van der Waals surface area contributed by atoms with Crippen LogP contribution < -0.4 is 4.74 Å². The molecule has 0 saturated carbocycles. The van der Waals surface area contributed by atoms with Gasteiger partial charge in [-0.15, -0.1) is 0 Å². The first kappa shape index (κ1) is 13.6. The molecule has 6 nitrogen and oxygen atoms in total. The maximum Gasteiger partial charge on any atom is 0.342 e. The fraction of sp³-hybridized carbons (Fsp3) is 0.214. The van der Waals surface area contributed by atoms with Gasteiger partial charge in [0.15, 0.2) is 5.69 Å². The highest BCUT2D eigenvalue weighted by atomic mass is 16.5. The molecule has 2 aromatic rings. The summed E-state index contributed by atoms with van der Waals surface area (Å²) in [4.78, 5) is 11.5. The Hall–Kier alpha value is -2.81. The summed E-state index contributed by atoms with van der Waals surface area (Å²) in [5.41, 5.74) is 0.949. The van der Waals surface area contributed by atoms with Gasteiger partial charge in [0.2, 0.25) is 0 Å². The summed E-state index contributed by atoms with van der Waals surface area (Å²) < 4.78 is 11.4. The molecule has 0 saturated heterocycles. The van der Waals surface area contributed by atoms with Crippen molar-refractivity contribution >= 4 is 5.97 Å². The van der Waals surface area contributed by atoms with Crippen LogP contribution >= 0.6 is 0 Å². The minimum atomic E-state index is -0.585. The molecule has 0 spiro atoms. The Morgan fingerprint density at radius 2 is 2.10 bits per heavy atom. The molecule has 1 aromatic heterocycles. The lowest BCUT2D eigenvalue weighted by molar-refractivity contribution is 0.0600. The van der Waals surface area contributed by atoms with E-state index in [-0.39, 0.29) is 11.3 Å². The summed E-state index contributed by atoms with van der Waals surface area (Å²) in [6.45, 7) is 2.48. The highest BCUT2D eigenvalue weighted by Crippen LogP contribution is 2.18. The number of aromatic nitrogens is 2. The maximum atomic E-state index is 11.5. The van der Waals surface area contributed by atoms with Crippen LogP contribution in [0.3, 0.4) is 0 Å². The summed E-state index contributed by atoms with van der Waals surface area (Å²) in [6.07, 6.45) is 1.32. The Labute approximate surface area is 116 Å². The topological polar surface area (TPSA) is 77.1 Å². The lowest BCUT2D eigenvalue weighted by atomic mass is 10.2. The van der Waals surface area contributed by atoms with E-state index in [1.807, 2.05) is 13.0 Å². The first-order valence-corrected chi connectivity index (χ1v) is 6.01. The number of nitriles is 1. The van der Waals surface area contributed by atoms with E-state index in [0.717, 1.165) is 5.75 Å². The third-order valence-electron chi connectivity index (χ3n) is 2.67. The van der Waals surface area contributed by atoms with Gasteiger partial charge in [-0.05, 0) is 31.2 Å². The van der Waals surface area contributed by atoms with Crippen molar-refractivity contribution in [3.63, 3.8) is 0 Å².